The molecule has 0 amide bonds. The minimum atomic E-state index is 0.964. The summed E-state index contributed by atoms with van der Waals surface area (Å²) < 4.78 is 0. The molecule has 125 valence electrons. The molecule has 1 aromatic carbocycles. The molecule has 0 N–H and O–H groups in total. The van der Waals surface area contributed by atoms with Crippen molar-refractivity contribution in [3.05, 3.63) is 42.0 Å². The van der Waals surface area contributed by atoms with E-state index >= 15 is 0 Å². The van der Waals surface area contributed by atoms with Gasteiger partial charge in [0.05, 0.1) is 0 Å². The van der Waals surface area contributed by atoms with E-state index in [0.29, 0.717) is 0 Å². The van der Waals surface area contributed by atoms with Gasteiger partial charge in [-0.15, -0.1) is 0 Å². The lowest BCUT2D eigenvalue weighted by Crippen LogP contribution is -2.23. The molecule has 3 rings (SSSR count). The van der Waals surface area contributed by atoms with Crippen LogP contribution in [-0.2, 0) is 0 Å². The molecular formula is C23H33. The second kappa shape index (κ2) is 8.71. The smallest absolute Gasteiger partial charge is 0.0184 e. The first-order chi connectivity index (χ1) is 11.4. The highest BCUT2D eigenvalue weighted by molar-refractivity contribution is 5.66. The summed E-state index contributed by atoms with van der Waals surface area (Å²) in [6.07, 6.45) is 18.4. The van der Waals surface area contributed by atoms with Crippen molar-refractivity contribution in [1.82, 2.24) is 0 Å². The van der Waals surface area contributed by atoms with Crippen LogP contribution in [0.1, 0.15) is 83.1 Å². The maximum absolute atomic E-state index is 3.13. The number of unbranched alkanes of at least 4 members (excludes halogenated alkanes) is 2. The molecule has 0 aromatic heterocycles. The van der Waals surface area contributed by atoms with E-state index in [1.807, 2.05) is 12.1 Å². The molecule has 1 saturated carbocycles. The molecule has 0 saturated heterocycles. The zero-order valence-corrected chi connectivity index (χ0v) is 14.9. The predicted molar refractivity (Wildman–Crippen MR) is 100 cm³/mol. The Bertz CT molecular complexity index is 476. The van der Waals surface area contributed by atoms with Gasteiger partial charge in [-0.25, -0.2) is 0 Å². The van der Waals surface area contributed by atoms with Crippen LogP contribution in [0.4, 0.5) is 0 Å². The highest BCUT2D eigenvalue weighted by Gasteiger charge is 2.28. The summed E-state index contributed by atoms with van der Waals surface area (Å²) in [7, 11) is 0. The lowest BCUT2D eigenvalue weighted by atomic mass is 9.70. The van der Waals surface area contributed by atoms with Crippen molar-refractivity contribution in [2.75, 3.05) is 0 Å². The van der Waals surface area contributed by atoms with Crippen molar-refractivity contribution in [3.8, 4) is 0 Å². The van der Waals surface area contributed by atoms with Gasteiger partial charge in [-0.05, 0) is 67.1 Å². The Morgan fingerprint density at radius 1 is 0.957 bits per heavy atom. The first-order valence-electron chi connectivity index (χ1n) is 10.0. The van der Waals surface area contributed by atoms with Gasteiger partial charge in [-0.1, -0.05) is 75.8 Å². The Kier molecular flexibility index (Phi) is 6.37. The second-order valence-corrected chi connectivity index (χ2v) is 7.83. The van der Waals surface area contributed by atoms with Gasteiger partial charge < -0.3 is 0 Å². The molecule has 2 aliphatic rings. The average molecular weight is 310 g/mol. The Balaban J connectivity index is 1.45. The number of hydrogen-bond acceptors (Lipinski definition) is 0. The van der Waals surface area contributed by atoms with Crippen molar-refractivity contribution in [1.29, 1.82) is 0 Å². The van der Waals surface area contributed by atoms with Gasteiger partial charge in [0.2, 0.25) is 0 Å². The van der Waals surface area contributed by atoms with Gasteiger partial charge in [0.25, 0.3) is 0 Å². The Labute approximate surface area is 143 Å². The molecule has 0 spiro atoms. The molecule has 1 aromatic rings. The summed E-state index contributed by atoms with van der Waals surface area (Å²) in [6, 6.07) is 11.6. The molecule has 1 radical (unpaired) electrons. The first kappa shape index (κ1) is 16.8. The molecule has 0 nitrogen and oxygen atoms in total. The quantitative estimate of drug-likeness (QED) is 0.493. The second-order valence-electron chi connectivity index (χ2n) is 7.83. The number of benzene rings is 1. The van der Waals surface area contributed by atoms with Crippen LogP contribution in [0.25, 0.3) is 5.57 Å². The largest absolute Gasteiger partial charge is 0.0804 e. The maximum Gasteiger partial charge on any atom is -0.0184 e. The lowest BCUT2D eigenvalue weighted by Gasteiger charge is -2.35. The molecule has 23 heavy (non-hydrogen) atoms. The van der Waals surface area contributed by atoms with E-state index in [2.05, 4.69) is 31.2 Å². The van der Waals surface area contributed by atoms with Gasteiger partial charge in [-0.3, -0.25) is 0 Å². The van der Waals surface area contributed by atoms with Gasteiger partial charge in [0.15, 0.2) is 0 Å². The van der Waals surface area contributed by atoms with Gasteiger partial charge >= 0.3 is 0 Å². The minimum Gasteiger partial charge on any atom is -0.0804 e. The summed E-state index contributed by atoms with van der Waals surface area (Å²) in [6.45, 7) is 2.31. The van der Waals surface area contributed by atoms with Crippen LogP contribution in [-0.4, -0.2) is 0 Å². The van der Waals surface area contributed by atoms with Gasteiger partial charge in [-0.2, -0.15) is 0 Å². The van der Waals surface area contributed by atoms with Crippen LogP contribution in [0.15, 0.2) is 30.3 Å². The zero-order valence-electron chi connectivity index (χ0n) is 14.9. The van der Waals surface area contributed by atoms with E-state index in [9.17, 15) is 0 Å². The minimum absolute atomic E-state index is 0.964. The third-order valence-electron chi connectivity index (χ3n) is 6.31. The van der Waals surface area contributed by atoms with Gasteiger partial charge in [0, 0.05) is 0 Å². The highest BCUT2D eigenvalue weighted by atomic mass is 14.3. The molecule has 2 aliphatic carbocycles. The van der Waals surface area contributed by atoms with Crippen LogP contribution in [0.2, 0.25) is 0 Å². The highest BCUT2D eigenvalue weighted by Crippen LogP contribution is 2.42. The number of allylic oxidation sites excluding steroid dienone is 2. The van der Waals surface area contributed by atoms with Crippen LogP contribution >= 0.6 is 0 Å². The van der Waals surface area contributed by atoms with Crippen LogP contribution in [0.5, 0.6) is 0 Å². The first-order valence-corrected chi connectivity index (χ1v) is 10.0. The van der Waals surface area contributed by atoms with E-state index in [1.54, 1.807) is 5.57 Å². The molecular weight excluding hydrogens is 276 g/mol. The predicted octanol–water partition coefficient (Wildman–Crippen LogP) is 7.06. The zero-order chi connectivity index (χ0) is 15.9. The summed E-state index contributed by atoms with van der Waals surface area (Å²) in [5.41, 5.74) is 2.99. The monoisotopic (exact) mass is 309 g/mol. The number of rotatable bonds is 6. The summed E-state index contributed by atoms with van der Waals surface area (Å²) in [4.78, 5) is 0. The Morgan fingerprint density at radius 2 is 1.74 bits per heavy atom. The fraction of sp³-hybridized carbons (Fsp3) is 0.652. The third kappa shape index (κ3) is 4.72. The van der Waals surface area contributed by atoms with E-state index in [-0.39, 0.29) is 0 Å². The molecule has 0 aliphatic heterocycles. The van der Waals surface area contributed by atoms with Crippen molar-refractivity contribution in [2.45, 2.75) is 77.6 Å². The molecule has 1 fully saturated rings. The molecule has 1 unspecified atom stereocenters. The standard InChI is InChI=1S/C23H33/c1-2-3-5-8-19-11-13-21(14-12-19)23-17-15-22(16-18-23)20-9-6-4-7-10-20/h6-7,9-10,15,19,21,23H,2-3,5,8,11-14,16-18H2,1H3/t19-,21-,23?. The van der Waals surface area contributed by atoms with E-state index < -0.39 is 0 Å². The molecule has 1 atom stereocenters. The SMILES string of the molecule is CCCCC[C@H]1CC[C@H](C2CC=C(c3cc[c]cc3)CC2)CC1. The van der Waals surface area contributed by atoms with Gasteiger partial charge in [0.1, 0.15) is 0 Å². The normalized spacial score (nSPS) is 28.4. The number of hydrogen-bond donors (Lipinski definition) is 0. The van der Waals surface area contributed by atoms with Crippen molar-refractivity contribution in [3.63, 3.8) is 0 Å². The maximum atomic E-state index is 3.13. The van der Waals surface area contributed by atoms with Crippen LogP contribution in [0.3, 0.4) is 0 Å². The summed E-state index contributed by atoms with van der Waals surface area (Å²) in [5, 5.41) is 0. The molecule has 0 heteroatoms. The lowest BCUT2D eigenvalue weighted by molar-refractivity contribution is 0.187. The van der Waals surface area contributed by atoms with Crippen molar-refractivity contribution >= 4 is 5.57 Å². The molecule has 0 bridgehead atoms. The fourth-order valence-electron chi connectivity index (χ4n) is 4.78. The summed E-state index contributed by atoms with van der Waals surface area (Å²) in [5.74, 6) is 3.03. The Hall–Kier alpha value is -1.04. The van der Waals surface area contributed by atoms with E-state index in [4.69, 9.17) is 0 Å². The fourth-order valence-corrected chi connectivity index (χ4v) is 4.78. The van der Waals surface area contributed by atoms with Crippen LogP contribution < -0.4 is 0 Å². The third-order valence-corrected chi connectivity index (χ3v) is 6.31. The summed E-state index contributed by atoms with van der Waals surface area (Å²) >= 11 is 0. The van der Waals surface area contributed by atoms with E-state index in [1.165, 1.54) is 76.2 Å². The average Bonchev–Trinajstić information content (AvgIpc) is 2.63. The molecule has 0 heterocycles. The van der Waals surface area contributed by atoms with Crippen LogP contribution in [0, 0.1) is 23.8 Å². The van der Waals surface area contributed by atoms with Crippen molar-refractivity contribution in [2.24, 2.45) is 17.8 Å². The Morgan fingerprint density at radius 3 is 2.39 bits per heavy atom. The van der Waals surface area contributed by atoms with Crippen molar-refractivity contribution < 1.29 is 0 Å². The topological polar surface area (TPSA) is 0 Å². The van der Waals surface area contributed by atoms with E-state index in [0.717, 1.165) is 17.8 Å².